The number of hydrazine groups is 1. The molecule has 1 saturated heterocycles. The van der Waals surface area contributed by atoms with Crippen molar-refractivity contribution in [1.82, 2.24) is 9.99 Å². The summed E-state index contributed by atoms with van der Waals surface area (Å²) in [6.45, 7) is 2.36. The first-order valence-electron chi connectivity index (χ1n) is 8.55. The van der Waals surface area contributed by atoms with Crippen LogP contribution in [0.2, 0.25) is 0 Å². The molecule has 0 spiro atoms. The molecule has 5 heteroatoms. The van der Waals surface area contributed by atoms with Gasteiger partial charge in [-0.2, -0.15) is 0 Å². The molecule has 132 valence electrons. The van der Waals surface area contributed by atoms with E-state index in [1.807, 2.05) is 54.0 Å². The summed E-state index contributed by atoms with van der Waals surface area (Å²) in [5.41, 5.74) is 6.07. The van der Waals surface area contributed by atoms with E-state index < -0.39 is 5.91 Å². The molecule has 2 amide bonds. The van der Waals surface area contributed by atoms with Crippen molar-refractivity contribution in [3.05, 3.63) is 71.4 Å². The van der Waals surface area contributed by atoms with Crippen LogP contribution in [0.3, 0.4) is 0 Å². The number of nitrogens with one attached hydrogen (secondary N) is 1. The van der Waals surface area contributed by atoms with Crippen molar-refractivity contribution in [1.29, 1.82) is 0 Å². The normalized spacial score (nSPS) is 15.4. The molecule has 1 N–H and O–H groups in total. The Balaban J connectivity index is 1.83. The van der Waals surface area contributed by atoms with Crippen molar-refractivity contribution >= 4 is 34.5 Å². The first kappa shape index (κ1) is 16.7. The Morgan fingerprint density at radius 1 is 1.07 bits per heavy atom. The number of amides is 2. The van der Waals surface area contributed by atoms with E-state index in [-0.39, 0.29) is 11.5 Å². The Morgan fingerprint density at radius 3 is 2.52 bits per heavy atom. The molecule has 1 aliphatic heterocycles. The van der Waals surface area contributed by atoms with E-state index >= 15 is 0 Å². The predicted octanol–water partition coefficient (Wildman–Crippen LogP) is 3.04. The van der Waals surface area contributed by atoms with Crippen molar-refractivity contribution < 1.29 is 9.59 Å². The highest BCUT2D eigenvalue weighted by Gasteiger charge is 2.34. The van der Waals surface area contributed by atoms with Crippen molar-refractivity contribution in [2.45, 2.75) is 13.5 Å². The van der Waals surface area contributed by atoms with Crippen LogP contribution in [-0.4, -0.2) is 16.4 Å². The Kier molecular flexibility index (Phi) is 4.02. The number of hydrogen-bond donors (Lipinski definition) is 1. The van der Waals surface area contributed by atoms with Crippen LogP contribution < -0.4 is 10.4 Å². The molecule has 2 heterocycles. The molecular formula is C22H17N3O2. The van der Waals surface area contributed by atoms with E-state index in [2.05, 4.69) is 11.3 Å². The van der Waals surface area contributed by atoms with Gasteiger partial charge in [0.2, 0.25) is 0 Å². The maximum absolute atomic E-state index is 12.8. The van der Waals surface area contributed by atoms with Crippen molar-refractivity contribution in [2.24, 2.45) is 0 Å². The maximum atomic E-state index is 12.8. The van der Waals surface area contributed by atoms with Crippen molar-refractivity contribution in [3.63, 3.8) is 0 Å². The van der Waals surface area contributed by atoms with E-state index in [9.17, 15) is 9.59 Å². The third-order valence-corrected chi connectivity index (χ3v) is 4.72. The molecule has 1 aliphatic rings. The lowest BCUT2D eigenvalue weighted by Gasteiger charge is -2.13. The summed E-state index contributed by atoms with van der Waals surface area (Å²) < 4.78 is 2.01. The van der Waals surface area contributed by atoms with E-state index in [0.717, 1.165) is 22.2 Å². The molecule has 5 nitrogen and oxygen atoms in total. The summed E-state index contributed by atoms with van der Waals surface area (Å²) in [7, 11) is 0. The molecule has 0 bridgehead atoms. The van der Waals surface area contributed by atoms with Crippen LogP contribution in [-0.2, 0) is 16.1 Å². The molecule has 0 radical (unpaired) electrons. The summed E-state index contributed by atoms with van der Waals surface area (Å²) >= 11 is 0. The maximum Gasteiger partial charge on any atom is 0.282 e. The Morgan fingerprint density at radius 2 is 1.78 bits per heavy atom. The number of benzene rings is 2. The monoisotopic (exact) mass is 355 g/mol. The number of fused-ring (bicyclic) bond motifs is 1. The zero-order chi connectivity index (χ0) is 19.0. The van der Waals surface area contributed by atoms with Gasteiger partial charge in [-0.05, 0) is 31.2 Å². The molecule has 1 fully saturated rings. The fraction of sp³-hybridized carbons (Fsp3) is 0.0909. The lowest BCUT2D eigenvalue weighted by molar-refractivity contribution is -0.117. The Labute approximate surface area is 156 Å². The quantitative estimate of drug-likeness (QED) is 0.446. The summed E-state index contributed by atoms with van der Waals surface area (Å²) in [6, 6.07) is 16.8. The number of terminal acetylenes is 1. The third-order valence-electron chi connectivity index (χ3n) is 4.72. The third kappa shape index (κ3) is 2.68. The van der Waals surface area contributed by atoms with Gasteiger partial charge in [0.05, 0.1) is 12.2 Å². The minimum Gasteiger partial charge on any atom is -0.333 e. The van der Waals surface area contributed by atoms with E-state index in [4.69, 9.17) is 6.42 Å². The van der Waals surface area contributed by atoms with Crippen LogP contribution in [0.5, 0.6) is 0 Å². The van der Waals surface area contributed by atoms with Crippen LogP contribution in [0.1, 0.15) is 11.3 Å². The van der Waals surface area contributed by atoms with Crippen LogP contribution in [0.25, 0.3) is 17.0 Å². The van der Waals surface area contributed by atoms with Crippen LogP contribution >= 0.6 is 0 Å². The second-order valence-electron chi connectivity index (χ2n) is 6.28. The molecule has 3 aromatic rings. The fourth-order valence-electron chi connectivity index (χ4n) is 3.40. The standard InChI is InChI=1S/C22H17N3O2/c1-3-13-24-15(2)18(17-11-7-8-12-20(17)24)14-19-21(26)23-25(22(19)27)16-9-5-4-6-10-16/h1,4-12,14H,13H2,2H3,(H,23,26)/b19-14-. The molecule has 1 aromatic heterocycles. The largest absolute Gasteiger partial charge is 0.333 e. The van der Waals surface area contributed by atoms with Crippen LogP contribution in [0.4, 0.5) is 5.69 Å². The zero-order valence-electron chi connectivity index (χ0n) is 14.8. The predicted molar refractivity (Wildman–Crippen MR) is 106 cm³/mol. The minimum atomic E-state index is -0.419. The second-order valence-corrected chi connectivity index (χ2v) is 6.28. The van der Waals surface area contributed by atoms with Gasteiger partial charge in [-0.3, -0.25) is 15.0 Å². The van der Waals surface area contributed by atoms with Gasteiger partial charge in [-0.15, -0.1) is 6.42 Å². The number of nitrogens with zero attached hydrogens (tertiary/aromatic N) is 2. The second kappa shape index (κ2) is 6.50. The molecule has 0 aliphatic carbocycles. The number of rotatable bonds is 3. The summed E-state index contributed by atoms with van der Waals surface area (Å²) in [5.74, 6) is 1.86. The van der Waals surface area contributed by atoms with E-state index in [0.29, 0.717) is 12.2 Å². The summed E-state index contributed by atoms with van der Waals surface area (Å²) in [6.07, 6.45) is 7.17. The van der Waals surface area contributed by atoms with Gasteiger partial charge in [0.1, 0.15) is 5.57 Å². The van der Waals surface area contributed by atoms with Gasteiger partial charge in [0, 0.05) is 22.2 Å². The lowest BCUT2D eigenvalue weighted by atomic mass is 10.1. The molecule has 0 atom stereocenters. The zero-order valence-corrected chi connectivity index (χ0v) is 14.8. The summed E-state index contributed by atoms with van der Waals surface area (Å²) in [4.78, 5) is 25.3. The van der Waals surface area contributed by atoms with Crippen molar-refractivity contribution in [2.75, 3.05) is 5.01 Å². The Hall–Kier alpha value is -3.78. The highest BCUT2D eigenvalue weighted by molar-refractivity contribution is 6.32. The average molecular weight is 355 g/mol. The summed E-state index contributed by atoms with van der Waals surface area (Å²) in [5, 5.41) is 2.22. The molecular weight excluding hydrogens is 338 g/mol. The number of para-hydroxylation sites is 2. The van der Waals surface area contributed by atoms with Gasteiger partial charge in [-0.1, -0.05) is 42.3 Å². The van der Waals surface area contributed by atoms with Crippen molar-refractivity contribution in [3.8, 4) is 12.3 Å². The molecule has 2 aromatic carbocycles. The van der Waals surface area contributed by atoms with Crippen LogP contribution in [0.15, 0.2) is 60.2 Å². The van der Waals surface area contributed by atoms with Gasteiger partial charge in [-0.25, -0.2) is 5.01 Å². The fourth-order valence-corrected chi connectivity index (χ4v) is 3.40. The molecule has 0 saturated carbocycles. The highest BCUT2D eigenvalue weighted by atomic mass is 16.2. The number of carbonyl (C=O) groups excluding carboxylic acids is 2. The lowest BCUT2D eigenvalue weighted by Crippen LogP contribution is -2.35. The highest BCUT2D eigenvalue weighted by Crippen LogP contribution is 2.29. The first-order chi connectivity index (χ1) is 13.1. The Bertz CT molecular complexity index is 1130. The van der Waals surface area contributed by atoms with E-state index in [1.165, 1.54) is 5.01 Å². The van der Waals surface area contributed by atoms with Crippen LogP contribution in [0, 0.1) is 19.3 Å². The van der Waals surface area contributed by atoms with E-state index in [1.54, 1.807) is 18.2 Å². The van der Waals surface area contributed by atoms with Gasteiger partial charge in [0.15, 0.2) is 0 Å². The topological polar surface area (TPSA) is 54.3 Å². The SMILES string of the molecule is C#CCn1c(C)c(/C=C2/C(=O)NN(c3ccccc3)C2=O)c2ccccc21. The first-order valence-corrected chi connectivity index (χ1v) is 8.55. The molecule has 27 heavy (non-hydrogen) atoms. The number of anilines is 1. The van der Waals surface area contributed by atoms with Gasteiger partial charge in [0.25, 0.3) is 11.8 Å². The number of carbonyl (C=O) groups is 2. The van der Waals surface area contributed by atoms with Gasteiger partial charge < -0.3 is 4.57 Å². The number of hydrogen-bond acceptors (Lipinski definition) is 2. The minimum absolute atomic E-state index is 0.102. The molecule has 0 unspecified atom stereocenters. The smallest absolute Gasteiger partial charge is 0.282 e. The average Bonchev–Trinajstić information content (AvgIpc) is 3.12. The molecule has 4 rings (SSSR count). The number of aromatic nitrogens is 1. The van der Waals surface area contributed by atoms with Gasteiger partial charge >= 0.3 is 0 Å².